The SMILES string of the molecule is Cc1cnc(C(O)Cc2cccc(F)c2Br)nc1. The molecule has 94 valence electrons. The number of hydrogen-bond donors (Lipinski definition) is 1. The van der Waals surface area contributed by atoms with E-state index in [9.17, 15) is 9.50 Å². The fraction of sp³-hybridized carbons (Fsp3) is 0.231. The number of aromatic nitrogens is 2. The van der Waals surface area contributed by atoms with Crippen LogP contribution >= 0.6 is 15.9 Å². The number of rotatable bonds is 3. The van der Waals surface area contributed by atoms with Gasteiger partial charge < -0.3 is 5.11 Å². The lowest BCUT2D eigenvalue weighted by Crippen LogP contribution is -2.07. The first-order valence-corrected chi connectivity index (χ1v) is 6.26. The highest BCUT2D eigenvalue weighted by Crippen LogP contribution is 2.24. The molecule has 5 heteroatoms. The number of halogens is 2. The van der Waals surface area contributed by atoms with Crippen molar-refractivity contribution in [3.63, 3.8) is 0 Å². The van der Waals surface area contributed by atoms with Gasteiger partial charge in [-0.05, 0) is 40.0 Å². The second-order valence-corrected chi connectivity index (χ2v) is 4.84. The van der Waals surface area contributed by atoms with Crippen LogP contribution < -0.4 is 0 Å². The Balaban J connectivity index is 2.18. The van der Waals surface area contributed by atoms with Gasteiger partial charge in [0.1, 0.15) is 11.9 Å². The molecule has 1 unspecified atom stereocenters. The highest BCUT2D eigenvalue weighted by Gasteiger charge is 2.14. The molecule has 0 fully saturated rings. The van der Waals surface area contributed by atoms with Gasteiger partial charge in [-0.15, -0.1) is 0 Å². The first-order chi connectivity index (χ1) is 8.58. The summed E-state index contributed by atoms with van der Waals surface area (Å²) in [6, 6.07) is 4.73. The summed E-state index contributed by atoms with van der Waals surface area (Å²) in [5.41, 5.74) is 1.62. The normalized spacial score (nSPS) is 12.4. The maximum Gasteiger partial charge on any atom is 0.157 e. The Morgan fingerprint density at radius 3 is 2.67 bits per heavy atom. The summed E-state index contributed by atoms with van der Waals surface area (Å²) in [5, 5.41) is 10.0. The maximum atomic E-state index is 13.3. The summed E-state index contributed by atoms with van der Waals surface area (Å²) in [7, 11) is 0. The Morgan fingerprint density at radius 2 is 2.00 bits per heavy atom. The third-order valence-electron chi connectivity index (χ3n) is 2.54. The average molecular weight is 311 g/mol. The highest BCUT2D eigenvalue weighted by atomic mass is 79.9. The molecule has 1 heterocycles. The summed E-state index contributed by atoms with van der Waals surface area (Å²) >= 11 is 3.17. The molecule has 1 N–H and O–H groups in total. The molecule has 1 atom stereocenters. The van der Waals surface area contributed by atoms with Gasteiger partial charge in [-0.2, -0.15) is 0 Å². The number of aliphatic hydroxyl groups excluding tert-OH is 1. The lowest BCUT2D eigenvalue weighted by molar-refractivity contribution is 0.168. The van der Waals surface area contributed by atoms with Crippen LogP contribution in [-0.4, -0.2) is 15.1 Å². The van der Waals surface area contributed by atoms with Gasteiger partial charge in [-0.1, -0.05) is 12.1 Å². The fourth-order valence-electron chi connectivity index (χ4n) is 1.58. The topological polar surface area (TPSA) is 46.0 Å². The standard InChI is InChI=1S/C13H12BrFN2O/c1-8-6-16-13(17-7-8)11(18)5-9-3-2-4-10(15)12(9)14/h2-4,6-7,11,18H,5H2,1H3. The van der Waals surface area contributed by atoms with Crippen LogP contribution in [0.15, 0.2) is 35.1 Å². The largest absolute Gasteiger partial charge is 0.385 e. The first kappa shape index (κ1) is 13.1. The van der Waals surface area contributed by atoms with Crippen LogP contribution in [-0.2, 0) is 6.42 Å². The van der Waals surface area contributed by atoms with Gasteiger partial charge in [-0.3, -0.25) is 0 Å². The van der Waals surface area contributed by atoms with Crippen molar-refractivity contribution in [3.8, 4) is 0 Å². The molecule has 0 saturated heterocycles. The zero-order valence-corrected chi connectivity index (χ0v) is 11.4. The fourth-order valence-corrected chi connectivity index (χ4v) is 2.01. The van der Waals surface area contributed by atoms with E-state index in [0.717, 1.165) is 5.56 Å². The van der Waals surface area contributed by atoms with E-state index in [1.807, 2.05) is 6.92 Å². The van der Waals surface area contributed by atoms with Crippen molar-refractivity contribution in [2.45, 2.75) is 19.4 Å². The molecule has 0 radical (unpaired) electrons. The van der Waals surface area contributed by atoms with E-state index in [1.54, 1.807) is 24.5 Å². The van der Waals surface area contributed by atoms with Gasteiger partial charge in [0.05, 0.1) is 4.47 Å². The Labute approximate surface area is 113 Å². The second-order valence-electron chi connectivity index (χ2n) is 4.05. The molecule has 1 aromatic carbocycles. The van der Waals surface area contributed by atoms with Gasteiger partial charge in [0, 0.05) is 18.8 Å². The van der Waals surface area contributed by atoms with E-state index in [4.69, 9.17) is 0 Å². The summed E-state index contributed by atoms with van der Waals surface area (Å²) in [6.07, 6.45) is 2.71. The molecular formula is C13H12BrFN2O. The van der Waals surface area contributed by atoms with Gasteiger partial charge in [0.2, 0.25) is 0 Å². The van der Waals surface area contributed by atoms with Crippen LogP contribution in [0.5, 0.6) is 0 Å². The molecule has 0 spiro atoms. The molecule has 0 saturated carbocycles. The van der Waals surface area contributed by atoms with Crippen molar-refractivity contribution in [2.24, 2.45) is 0 Å². The molecule has 0 aliphatic heterocycles. The molecular weight excluding hydrogens is 299 g/mol. The average Bonchev–Trinajstić information content (AvgIpc) is 2.36. The number of nitrogens with zero attached hydrogens (tertiary/aromatic N) is 2. The molecule has 0 bridgehead atoms. The van der Waals surface area contributed by atoms with Crippen LogP contribution in [0, 0.1) is 12.7 Å². The monoisotopic (exact) mass is 310 g/mol. The Kier molecular flexibility index (Phi) is 4.04. The van der Waals surface area contributed by atoms with Crippen molar-refractivity contribution in [3.05, 3.63) is 57.8 Å². The van der Waals surface area contributed by atoms with Crippen molar-refractivity contribution in [2.75, 3.05) is 0 Å². The van der Waals surface area contributed by atoms with Crippen molar-refractivity contribution < 1.29 is 9.50 Å². The minimum atomic E-state index is -0.844. The molecule has 2 aromatic rings. The lowest BCUT2D eigenvalue weighted by Gasteiger charge is -2.11. The Hall–Kier alpha value is -1.33. The number of benzene rings is 1. The second kappa shape index (κ2) is 5.54. The van der Waals surface area contributed by atoms with Gasteiger partial charge >= 0.3 is 0 Å². The molecule has 0 aliphatic rings. The van der Waals surface area contributed by atoms with Crippen LogP contribution in [0.4, 0.5) is 4.39 Å². The molecule has 3 nitrogen and oxygen atoms in total. The summed E-state index contributed by atoms with van der Waals surface area (Å²) in [5.74, 6) is 0.00119. The summed E-state index contributed by atoms with van der Waals surface area (Å²) < 4.78 is 13.7. The van der Waals surface area contributed by atoms with Crippen LogP contribution in [0.25, 0.3) is 0 Å². The van der Waals surface area contributed by atoms with Crippen LogP contribution in [0.3, 0.4) is 0 Å². The van der Waals surface area contributed by atoms with E-state index in [-0.39, 0.29) is 12.2 Å². The maximum absolute atomic E-state index is 13.3. The minimum absolute atomic E-state index is 0.265. The summed E-state index contributed by atoms with van der Waals surface area (Å²) in [6.45, 7) is 1.87. The quantitative estimate of drug-likeness (QED) is 0.948. The van der Waals surface area contributed by atoms with Gasteiger partial charge in [0.15, 0.2) is 5.82 Å². The summed E-state index contributed by atoms with van der Waals surface area (Å²) in [4.78, 5) is 8.11. The van der Waals surface area contributed by atoms with Crippen molar-refractivity contribution in [1.29, 1.82) is 0 Å². The highest BCUT2D eigenvalue weighted by molar-refractivity contribution is 9.10. The molecule has 2 rings (SSSR count). The third kappa shape index (κ3) is 2.91. The molecule has 0 aliphatic carbocycles. The Morgan fingerprint density at radius 1 is 1.33 bits per heavy atom. The van der Waals surface area contributed by atoms with E-state index >= 15 is 0 Å². The number of aliphatic hydroxyl groups is 1. The zero-order valence-electron chi connectivity index (χ0n) is 9.77. The molecule has 0 amide bonds. The van der Waals surface area contributed by atoms with Gasteiger partial charge in [0.25, 0.3) is 0 Å². The third-order valence-corrected chi connectivity index (χ3v) is 3.43. The Bertz CT molecular complexity index is 545. The zero-order chi connectivity index (χ0) is 13.1. The molecule has 1 aromatic heterocycles. The van der Waals surface area contributed by atoms with E-state index < -0.39 is 6.10 Å². The number of hydrogen-bond acceptors (Lipinski definition) is 3. The van der Waals surface area contributed by atoms with E-state index in [0.29, 0.717) is 15.9 Å². The lowest BCUT2D eigenvalue weighted by atomic mass is 10.1. The smallest absolute Gasteiger partial charge is 0.157 e. The van der Waals surface area contributed by atoms with Crippen LogP contribution in [0.2, 0.25) is 0 Å². The predicted octanol–water partition coefficient (Wildman–Crippen LogP) is 2.96. The van der Waals surface area contributed by atoms with Crippen molar-refractivity contribution in [1.82, 2.24) is 9.97 Å². The minimum Gasteiger partial charge on any atom is -0.385 e. The van der Waals surface area contributed by atoms with E-state index in [1.165, 1.54) is 6.07 Å². The van der Waals surface area contributed by atoms with Crippen molar-refractivity contribution >= 4 is 15.9 Å². The van der Waals surface area contributed by atoms with Gasteiger partial charge in [-0.25, -0.2) is 14.4 Å². The number of aryl methyl sites for hydroxylation is 1. The first-order valence-electron chi connectivity index (χ1n) is 5.47. The van der Waals surface area contributed by atoms with Crippen LogP contribution in [0.1, 0.15) is 23.1 Å². The molecule has 18 heavy (non-hydrogen) atoms. The predicted molar refractivity (Wildman–Crippen MR) is 69.5 cm³/mol. The van der Waals surface area contributed by atoms with E-state index in [2.05, 4.69) is 25.9 Å².